The number of hydrogen-bond acceptors (Lipinski definition) is 2. The number of ketones is 1. The molecule has 0 aromatic heterocycles. The van der Waals surface area contributed by atoms with Crippen molar-refractivity contribution in [2.45, 2.75) is 78.2 Å². The first-order chi connectivity index (χ1) is 10.9. The fraction of sp³-hybridized carbons (Fsp3) is 0.857. The van der Waals surface area contributed by atoms with Crippen LogP contribution in [0, 0.1) is 34.5 Å². The van der Waals surface area contributed by atoms with E-state index >= 15 is 0 Å². The summed E-state index contributed by atoms with van der Waals surface area (Å²) in [4.78, 5) is 12.2. The molecule has 0 aliphatic heterocycles. The van der Waals surface area contributed by atoms with Crippen molar-refractivity contribution < 1.29 is 4.79 Å². The molecule has 2 nitrogen and oxygen atoms in total. The molecule has 0 aromatic rings. The van der Waals surface area contributed by atoms with Gasteiger partial charge in [-0.25, -0.2) is 0 Å². The van der Waals surface area contributed by atoms with Gasteiger partial charge < -0.3 is 5.73 Å². The Kier molecular flexibility index (Phi) is 3.58. The van der Waals surface area contributed by atoms with Crippen LogP contribution in [0.25, 0.3) is 0 Å². The summed E-state index contributed by atoms with van der Waals surface area (Å²) in [5.74, 6) is 3.17. The second-order valence-corrected chi connectivity index (χ2v) is 9.55. The van der Waals surface area contributed by atoms with Crippen LogP contribution in [0.5, 0.6) is 0 Å². The molecule has 4 aliphatic carbocycles. The molecule has 0 spiro atoms. The molecule has 2 heteroatoms. The molecular formula is C21H33NO. The molecule has 4 rings (SSSR count). The van der Waals surface area contributed by atoms with E-state index in [0.29, 0.717) is 23.2 Å². The van der Waals surface area contributed by atoms with Gasteiger partial charge >= 0.3 is 0 Å². The van der Waals surface area contributed by atoms with E-state index in [-0.39, 0.29) is 5.41 Å². The van der Waals surface area contributed by atoms with E-state index in [4.69, 9.17) is 5.73 Å². The van der Waals surface area contributed by atoms with E-state index in [9.17, 15) is 4.79 Å². The van der Waals surface area contributed by atoms with Crippen LogP contribution >= 0.6 is 0 Å². The number of nitrogens with two attached hydrogens (primary N) is 1. The van der Waals surface area contributed by atoms with E-state index < -0.39 is 0 Å². The predicted molar refractivity (Wildman–Crippen MR) is 93.8 cm³/mol. The predicted octanol–water partition coefficient (Wildman–Crippen LogP) is 4.48. The summed E-state index contributed by atoms with van der Waals surface area (Å²) in [6, 6.07) is 0.383. The monoisotopic (exact) mass is 315 g/mol. The molecular weight excluding hydrogens is 282 g/mol. The van der Waals surface area contributed by atoms with E-state index in [1.807, 2.05) is 6.92 Å². The standard InChI is InChI=1S/C21H33NO/c1-13(23)17-6-7-18-16-5-4-14-12-15(22)8-10-20(14,2)19(16)9-11-21(17,18)3/h4,15-19H,5-12,22H2,1-3H3/t15-,16+,17-,18+,19+,20+,21+/m1/s1. The molecule has 7 atom stereocenters. The van der Waals surface area contributed by atoms with Gasteiger partial charge in [0.25, 0.3) is 0 Å². The Hall–Kier alpha value is -0.630. The molecule has 0 radical (unpaired) electrons. The lowest BCUT2D eigenvalue weighted by atomic mass is 9.47. The van der Waals surface area contributed by atoms with Crippen LogP contribution in [0.4, 0.5) is 0 Å². The lowest BCUT2D eigenvalue weighted by Crippen LogP contribution is -2.51. The van der Waals surface area contributed by atoms with E-state index in [0.717, 1.165) is 30.6 Å². The first kappa shape index (κ1) is 15.9. The summed E-state index contributed by atoms with van der Waals surface area (Å²) in [6.07, 6.45) is 12.4. The minimum Gasteiger partial charge on any atom is -0.327 e. The van der Waals surface area contributed by atoms with Gasteiger partial charge in [0.05, 0.1) is 0 Å². The maximum absolute atomic E-state index is 12.2. The molecule has 3 fully saturated rings. The number of carbonyl (C=O) groups excluding carboxylic acids is 1. The van der Waals surface area contributed by atoms with Gasteiger partial charge in [0.1, 0.15) is 5.78 Å². The topological polar surface area (TPSA) is 43.1 Å². The third kappa shape index (κ3) is 2.13. The highest BCUT2D eigenvalue weighted by atomic mass is 16.1. The molecule has 0 saturated heterocycles. The van der Waals surface area contributed by atoms with E-state index in [2.05, 4.69) is 19.9 Å². The molecule has 0 amide bonds. The smallest absolute Gasteiger partial charge is 0.133 e. The average Bonchev–Trinajstić information content (AvgIpc) is 2.85. The van der Waals surface area contributed by atoms with Crippen LogP contribution in [0.3, 0.4) is 0 Å². The molecule has 2 N–H and O–H groups in total. The molecule has 0 unspecified atom stereocenters. The summed E-state index contributed by atoms with van der Waals surface area (Å²) in [5, 5.41) is 0. The minimum absolute atomic E-state index is 0.278. The van der Waals surface area contributed by atoms with E-state index in [1.54, 1.807) is 5.57 Å². The largest absolute Gasteiger partial charge is 0.327 e. The highest BCUT2D eigenvalue weighted by molar-refractivity contribution is 5.79. The third-order valence-electron chi connectivity index (χ3n) is 8.63. The SMILES string of the molecule is CC(=O)[C@H]1CC[C@H]2[C@@H]3CC=C4C[C@H](N)CC[C@]4(C)[C@H]3CC[C@@]12C. The summed E-state index contributed by atoms with van der Waals surface area (Å²) in [5.41, 5.74) is 8.59. The van der Waals surface area contributed by atoms with Gasteiger partial charge in [-0.1, -0.05) is 25.5 Å². The van der Waals surface area contributed by atoms with Gasteiger partial charge in [0, 0.05) is 12.0 Å². The zero-order valence-electron chi connectivity index (χ0n) is 15.1. The fourth-order valence-electron chi connectivity index (χ4n) is 7.36. The molecule has 3 saturated carbocycles. The van der Waals surface area contributed by atoms with Crippen LogP contribution in [0.2, 0.25) is 0 Å². The number of carbonyl (C=O) groups is 1. The lowest BCUT2D eigenvalue weighted by Gasteiger charge is -2.58. The van der Waals surface area contributed by atoms with Crippen LogP contribution in [0.1, 0.15) is 72.1 Å². The van der Waals surface area contributed by atoms with Gasteiger partial charge in [0.15, 0.2) is 0 Å². The Morgan fingerprint density at radius 2 is 1.91 bits per heavy atom. The molecule has 128 valence electrons. The number of allylic oxidation sites excluding steroid dienone is 1. The summed E-state index contributed by atoms with van der Waals surface area (Å²) in [7, 11) is 0. The fourth-order valence-corrected chi connectivity index (χ4v) is 7.36. The van der Waals surface area contributed by atoms with Crippen molar-refractivity contribution in [2.75, 3.05) is 0 Å². The van der Waals surface area contributed by atoms with Crippen LogP contribution in [-0.4, -0.2) is 11.8 Å². The van der Waals surface area contributed by atoms with Crippen molar-refractivity contribution in [3.05, 3.63) is 11.6 Å². The van der Waals surface area contributed by atoms with Crippen molar-refractivity contribution >= 4 is 5.78 Å². The Morgan fingerprint density at radius 3 is 2.65 bits per heavy atom. The number of Topliss-reactive ketones (excluding diaryl/α,β-unsaturated/α-hetero) is 1. The first-order valence-electron chi connectivity index (χ1n) is 9.82. The second kappa shape index (κ2) is 5.18. The molecule has 0 heterocycles. The third-order valence-corrected chi connectivity index (χ3v) is 8.63. The van der Waals surface area contributed by atoms with E-state index in [1.165, 1.54) is 38.5 Å². The molecule has 23 heavy (non-hydrogen) atoms. The number of rotatable bonds is 1. The number of hydrogen-bond donors (Lipinski definition) is 1. The quantitative estimate of drug-likeness (QED) is 0.725. The Labute approximate surface area is 141 Å². The molecule has 4 aliphatic rings. The molecule has 0 aromatic carbocycles. The van der Waals surface area contributed by atoms with Crippen molar-refractivity contribution in [1.29, 1.82) is 0 Å². The zero-order valence-corrected chi connectivity index (χ0v) is 15.1. The van der Waals surface area contributed by atoms with Crippen molar-refractivity contribution in [3.63, 3.8) is 0 Å². The maximum atomic E-state index is 12.2. The average molecular weight is 316 g/mol. The van der Waals surface area contributed by atoms with Gasteiger partial charge in [-0.3, -0.25) is 4.79 Å². The summed E-state index contributed by atoms with van der Waals surface area (Å²) < 4.78 is 0. The summed E-state index contributed by atoms with van der Waals surface area (Å²) >= 11 is 0. The van der Waals surface area contributed by atoms with Crippen LogP contribution in [0.15, 0.2) is 11.6 Å². The normalized spacial score (nSPS) is 52.2. The van der Waals surface area contributed by atoms with Crippen LogP contribution < -0.4 is 5.73 Å². The summed E-state index contributed by atoms with van der Waals surface area (Å²) in [6.45, 7) is 6.79. The maximum Gasteiger partial charge on any atom is 0.133 e. The van der Waals surface area contributed by atoms with Crippen molar-refractivity contribution in [1.82, 2.24) is 0 Å². The van der Waals surface area contributed by atoms with Gasteiger partial charge in [-0.05, 0) is 86.9 Å². The lowest BCUT2D eigenvalue weighted by molar-refractivity contribution is -0.127. The van der Waals surface area contributed by atoms with Gasteiger partial charge in [0.2, 0.25) is 0 Å². The van der Waals surface area contributed by atoms with Crippen molar-refractivity contribution in [3.8, 4) is 0 Å². The van der Waals surface area contributed by atoms with Gasteiger partial charge in [-0.2, -0.15) is 0 Å². The van der Waals surface area contributed by atoms with Crippen LogP contribution in [-0.2, 0) is 4.79 Å². The minimum atomic E-state index is 0.278. The first-order valence-corrected chi connectivity index (χ1v) is 9.82. The van der Waals surface area contributed by atoms with Gasteiger partial charge in [-0.15, -0.1) is 0 Å². The van der Waals surface area contributed by atoms with Crippen molar-refractivity contribution in [2.24, 2.45) is 40.2 Å². The second-order valence-electron chi connectivity index (χ2n) is 9.55. The Balaban J connectivity index is 1.66. The highest BCUT2D eigenvalue weighted by Crippen LogP contribution is 2.66. The Morgan fingerprint density at radius 1 is 1.13 bits per heavy atom. The molecule has 0 bridgehead atoms. The Bertz CT molecular complexity index is 552. The zero-order chi connectivity index (χ0) is 16.4. The number of fused-ring (bicyclic) bond motifs is 5. The highest BCUT2D eigenvalue weighted by Gasteiger charge is 2.59.